The molecular weight excluding hydrogens is 158 g/mol. The minimum absolute atomic E-state index is 0.225. The van der Waals surface area contributed by atoms with Gasteiger partial charge in [-0.1, -0.05) is 5.16 Å². The lowest BCUT2D eigenvalue weighted by atomic mass is 10.5. The van der Waals surface area contributed by atoms with Crippen LogP contribution in [-0.4, -0.2) is 23.3 Å². The number of hydrogen-bond donors (Lipinski definition) is 1. The first-order valence-electron chi connectivity index (χ1n) is 3.98. The molecule has 0 radical (unpaired) electrons. The molecule has 0 atom stereocenters. The highest BCUT2D eigenvalue weighted by Gasteiger charge is 2.20. The van der Waals surface area contributed by atoms with Gasteiger partial charge in [0.05, 0.1) is 13.7 Å². The molecule has 12 heavy (non-hydrogen) atoms. The number of nitrogens with one attached hydrogen (secondary N) is 1. The summed E-state index contributed by atoms with van der Waals surface area (Å²) in [6.45, 7) is 0.664. The zero-order chi connectivity index (χ0) is 8.39. The van der Waals surface area contributed by atoms with Gasteiger partial charge in [0, 0.05) is 6.04 Å². The van der Waals surface area contributed by atoms with E-state index < -0.39 is 0 Å². The van der Waals surface area contributed by atoms with Gasteiger partial charge in [0.15, 0.2) is 5.82 Å². The van der Waals surface area contributed by atoms with E-state index in [-0.39, 0.29) is 6.08 Å². The second kappa shape index (κ2) is 3.10. The molecule has 1 saturated carbocycles. The minimum Gasteiger partial charge on any atom is -0.452 e. The SMILES string of the molecule is COc1nc(CNC2CC2)no1. The summed E-state index contributed by atoms with van der Waals surface area (Å²) in [5.41, 5.74) is 0. The third-order valence-corrected chi connectivity index (χ3v) is 1.75. The molecule has 1 aliphatic rings. The molecule has 1 aliphatic carbocycles. The number of ether oxygens (including phenoxy) is 1. The monoisotopic (exact) mass is 169 g/mol. The van der Waals surface area contributed by atoms with E-state index in [4.69, 9.17) is 9.26 Å². The second-order valence-corrected chi connectivity index (χ2v) is 2.84. The molecule has 0 unspecified atom stereocenters. The summed E-state index contributed by atoms with van der Waals surface area (Å²) < 4.78 is 9.49. The average molecular weight is 169 g/mol. The van der Waals surface area contributed by atoms with Crippen LogP contribution in [0, 0.1) is 0 Å². The summed E-state index contributed by atoms with van der Waals surface area (Å²) in [5, 5.41) is 6.98. The molecule has 0 aromatic carbocycles. The summed E-state index contributed by atoms with van der Waals surface area (Å²) in [6, 6.07) is 0.662. The maximum atomic E-state index is 4.75. The molecule has 1 heterocycles. The Labute approximate surface area is 70.1 Å². The molecule has 5 nitrogen and oxygen atoms in total. The normalized spacial score (nSPS) is 16.4. The fourth-order valence-corrected chi connectivity index (χ4v) is 0.916. The van der Waals surface area contributed by atoms with Crippen molar-refractivity contribution in [1.82, 2.24) is 15.5 Å². The highest BCUT2D eigenvalue weighted by molar-refractivity contribution is 4.91. The predicted octanol–water partition coefficient (Wildman–Crippen LogP) is 0.330. The number of nitrogens with zero attached hydrogens (tertiary/aromatic N) is 2. The van der Waals surface area contributed by atoms with Gasteiger partial charge in [0.2, 0.25) is 0 Å². The summed E-state index contributed by atoms with van der Waals surface area (Å²) in [4.78, 5) is 3.97. The molecule has 1 aromatic heterocycles. The Balaban J connectivity index is 1.84. The van der Waals surface area contributed by atoms with Crippen LogP contribution in [0.3, 0.4) is 0 Å². The van der Waals surface area contributed by atoms with Gasteiger partial charge in [-0.05, 0) is 12.8 Å². The van der Waals surface area contributed by atoms with Crippen molar-refractivity contribution in [1.29, 1.82) is 0 Å². The van der Waals surface area contributed by atoms with E-state index in [0.717, 1.165) is 0 Å². The number of hydrogen-bond acceptors (Lipinski definition) is 5. The number of methoxy groups -OCH3 is 1. The maximum Gasteiger partial charge on any atom is 0.417 e. The van der Waals surface area contributed by atoms with Gasteiger partial charge in [-0.15, -0.1) is 0 Å². The molecule has 0 aliphatic heterocycles. The molecule has 0 amide bonds. The summed E-state index contributed by atoms with van der Waals surface area (Å²) in [6.07, 6.45) is 2.74. The van der Waals surface area contributed by atoms with Crippen LogP contribution < -0.4 is 10.1 Å². The minimum atomic E-state index is 0.225. The Morgan fingerprint density at radius 3 is 3.08 bits per heavy atom. The smallest absolute Gasteiger partial charge is 0.417 e. The quantitative estimate of drug-likeness (QED) is 0.703. The molecule has 0 saturated heterocycles. The van der Waals surface area contributed by atoms with Crippen molar-refractivity contribution in [3.63, 3.8) is 0 Å². The lowest BCUT2D eigenvalue weighted by Gasteiger charge is -1.94. The second-order valence-electron chi connectivity index (χ2n) is 2.84. The topological polar surface area (TPSA) is 60.2 Å². The van der Waals surface area contributed by atoms with Crippen LogP contribution in [0.15, 0.2) is 4.52 Å². The third-order valence-electron chi connectivity index (χ3n) is 1.75. The van der Waals surface area contributed by atoms with Gasteiger partial charge in [0.25, 0.3) is 0 Å². The van der Waals surface area contributed by atoms with Crippen LogP contribution in [0.2, 0.25) is 0 Å². The van der Waals surface area contributed by atoms with Gasteiger partial charge >= 0.3 is 6.08 Å². The van der Waals surface area contributed by atoms with E-state index in [2.05, 4.69) is 15.5 Å². The van der Waals surface area contributed by atoms with Crippen LogP contribution in [0.25, 0.3) is 0 Å². The van der Waals surface area contributed by atoms with Crippen LogP contribution in [-0.2, 0) is 6.54 Å². The van der Waals surface area contributed by atoms with E-state index in [0.29, 0.717) is 18.4 Å². The average Bonchev–Trinajstić information content (AvgIpc) is 2.81. The predicted molar refractivity (Wildman–Crippen MR) is 40.7 cm³/mol. The van der Waals surface area contributed by atoms with E-state index >= 15 is 0 Å². The molecule has 66 valence electrons. The van der Waals surface area contributed by atoms with E-state index in [1.165, 1.54) is 20.0 Å². The number of aromatic nitrogens is 2. The number of rotatable bonds is 4. The Morgan fingerprint density at radius 1 is 1.67 bits per heavy atom. The Hall–Kier alpha value is -1.10. The third kappa shape index (κ3) is 1.73. The summed E-state index contributed by atoms with van der Waals surface area (Å²) in [5.74, 6) is 0.652. The van der Waals surface area contributed by atoms with E-state index in [1.54, 1.807) is 0 Å². The fourth-order valence-electron chi connectivity index (χ4n) is 0.916. The first-order valence-corrected chi connectivity index (χ1v) is 3.98. The lowest BCUT2D eigenvalue weighted by Crippen LogP contribution is -2.16. The molecule has 5 heteroatoms. The van der Waals surface area contributed by atoms with Crippen LogP contribution in [0.5, 0.6) is 6.08 Å². The fraction of sp³-hybridized carbons (Fsp3) is 0.714. The summed E-state index contributed by atoms with van der Waals surface area (Å²) >= 11 is 0. The molecule has 2 rings (SSSR count). The molecule has 1 N–H and O–H groups in total. The van der Waals surface area contributed by atoms with Crippen molar-refractivity contribution in [2.75, 3.05) is 7.11 Å². The molecule has 1 fully saturated rings. The van der Waals surface area contributed by atoms with Gasteiger partial charge in [-0.3, -0.25) is 4.52 Å². The standard InChI is InChI=1S/C7H11N3O2/c1-11-7-9-6(10-12-7)4-8-5-2-3-5/h5,8H,2-4H2,1H3. The van der Waals surface area contributed by atoms with Crippen LogP contribution in [0.1, 0.15) is 18.7 Å². The summed E-state index contributed by atoms with van der Waals surface area (Å²) in [7, 11) is 1.51. The van der Waals surface area contributed by atoms with E-state index in [9.17, 15) is 0 Å². The van der Waals surface area contributed by atoms with Crippen LogP contribution in [0.4, 0.5) is 0 Å². The van der Waals surface area contributed by atoms with Gasteiger partial charge in [-0.2, -0.15) is 4.98 Å². The van der Waals surface area contributed by atoms with Gasteiger partial charge in [-0.25, -0.2) is 0 Å². The Morgan fingerprint density at radius 2 is 2.50 bits per heavy atom. The van der Waals surface area contributed by atoms with Gasteiger partial charge in [0.1, 0.15) is 0 Å². The van der Waals surface area contributed by atoms with E-state index in [1.807, 2.05) is 0 Å². The molecule has 1 aromatic rings. The van der Waals surface area contributed by atoms with Crippen LogP contribution >= 0.6 is 0 Å². The van der Waals surface area contributed by atoms with Crippen molar-refractivity contribution >= 4 is 0 Å². The lowest BCUT2D eigenvalue weighted by molar-refractivity contribution is 0.249. The molecular formula is C7H11N3O2. The Bertz CT molecular complexity index is 257. The Kier molecular flexibility index (Phi) is 1.95. The highest BCUT2D eigenvalue weighted by Crippen LogP contribution is 2.19. The van der Waals surface area contributed by atoms with Crippen molar-refractivity contribution < 1.29 is 9.26 Å². The van der Waals surface area contributed by atoms with Gasteiger partial charge < -0.3 is 10.1 Å². The first kappa shape index (κ1) is 7.54. The van der Waals surface area contributed by atoms with Crippen molar-refractivity contribution in [2.24, 2.45) is 0 Å². The van der Waals surface area contributed by atoms with Crippen molar-refractivity contribution in [2.45, 2.75) is 25.4 Å². The largest absolute Gasteiger partial charge is 0.452 e. The molecule has 0 bridgehead atoms. The molecule has 0 spiro atoms. The van der Waals surface area contributed by atoms with Crippen molar-refractivity contribution in [3.05, 3.63) is 5.82 Å². The first-order chi connectivity index (χ1) is 5.88. The zero-order valence-electron chi connectivity index (χ0n) is 6.91. The maximum absolute atomic E-state index is 4.75. The zero-order valence-corrected chi connectivity index (χ0v) is 6.91. The van der Waals surface area contributed by atoms with Crippen molar-refractivity contribution in [3.8, 4) is 6.08 Å². The highest BCUT2D eigenvalue weighted by atomic mass is 16.6.